The quantitative estimate of drug-likeness (QED) is 0.189. The van der Waals surface area contributed by atoms with Gasteiger partial charge in [0.25, 0.3) is 0 Å². The van der Waals surface area contributed by atoms with E-state index in [-0.39, 0.29) is 0 Å². The summed E-state index contributed by atoms with van der Waals surface area (Å²) in [6.07, 6.45) is 0. The summed E-state index contributed by atoms with van der Waals surface area (Å²) >= 11 is 0. The molecule has 4 nitrogen and oxygen atoms in total. The summed E-state index contributed by atoms with van der Waals surface area (Å²) in [6.45, 7) is 0. The molecule has 8 aromatic carbocycles. The minimum atomic E-state index is 0.705. The summed E-state index contributed by atoms with van der Waals surface area (Å²) in [5, 5.41) is 11.0. The molecule has 240 valence electrons. The van der Waals surface area contributed by atoms with Gasteiger partial charge in [0.1, 0.15) is 5.82 Å². The Hall–Kier alpha value is -7.04. The van der Waals surface area contributed by atoms with Crippen LogP contribution in [0.15, 0.2) is 170 Å². The van der Waals surface area contributed by atoms with E-state index in [1.54, 1.807) is 0 Å². The molecule has 0 fully saturated rings. The number of nitrogens with zero attached hydrogens (tertiary/aromatic N) is 4. The van der Waals surface area contributed by atoms with Gasteiger partial charge in [0, 0.05) is 43.3 Å². The van der Waals surface area contributed by atoms with Gasteiger partial charge < -0.3 is 4.40 Å². The van der Waals surface area contributed by atoms with Crippen molar-refractivity contribution in [2.45, 2.75) is 0 Å². The monoisotopic (exact) mass is 660 g/mol. The van der Waals surface area contributed by atoms with Crippen molar-refractivity contribution >= 4 is 81.6 Å². The van der Waals surface area contributed by atoms with Gasteiger partial charge in [-0.2, -0.15) is 0 Å². The lowest BCUT2D eigenvalue weighted by Gasteiger charge is -2.13. The van der Waals surface area contributed by atoms with E-state index in [1.165, 1.54) is 65.2 Å². The van der Waals surface area contributed by atoms with Crippen molar-refractivity contribution in [3.8, 4) is 28.3 Å². The molecule has 12 rings (SSSR count). The maximum Gasteiger partial charge on any atom is 0.162 e. The summed E-state index contributed by atoms with van der Waals surface area (Å²) in [7, 11) is 0. The van der Waals surface area contributed by atoms with E-state index in [9.17, 15) is 0 Å². The number of para-hydroxylation sites is 3. The van der Waals surface area contributed by atoms with Gasteiger partial charge in [-0.05, 0) is 70.4 Å². The SMILES string of the molecule is c1ccc(-c2cccc(-c3nc(-n4c5ccccc5c5c6c7ccccc7n7c8cc9ccccc9cc8c(cc54)c67)c4ccccc4n3)c2)cc1. The van der Waals surface area contributed by atoms with E-state index in [4.69, 9.17) is 9.97 Å². The van der Waals surface area contributed by atoms with E-state index >= 15 is 0 Å². The standard InChI is InChI=1S/C48H28N4/c1-2-13-29(14-3-1)30-17-12-18-33(25-30)47-49-39-22-9-6-19-34(39)48(50-47)52-41-24-11-7-20-35(41)44-43(52)28-38-37-26-31-15-4-5-16-32(31)27-42(37)51-40-23-10-8-21-36(40)45(44)46(38)51/h1-28H. The largest absolute Gasteiger partial charge is 0.308 e. The number of hydrogen-bond donors (Lipinski definition) is 0. The average molecular weight is 661 g/mol. The maximum atomic E-state index is 5.48. The fraction of sp³-hybridized carbons (Fsp3) is 0. The average Bonchev–Trinajstić information content (AvgIpc) is 3.84. The van der Waals surface area contributed by atoms with Gasteiger partial charge in [-0.25, -0.2) is 9.97 Å². The third kappa shape index (κ3) is 3.70. The molecule has 4 aromatic heterocycles. The lowest BCUT2D eigenvalue weighted by Crippen LogP contribution is -2.02. The lowest BCUT2D eigenvalue weighted by molar-refractivity contribution is 1.08. The zero-order valence-corrected chi connectivity index (χ0v) is 28.0. The Labute approximate surface area is 297 Å². The van der Waals surface area contributed by atoms with Crippen LogP contribution in [0.5, 0.6) is 0 Å². The van der Waals surface area contributed by atoms with Crippen LogP contribution in [0.25, 0.3) is 110 Å². The van der Waals surface area contributed by atoms with Crippen molar-refractivity contribution in [3.63, 3.8) is 0 Å². The number of aromatic nitrogens is 4. The Morgan fingerprint density at radius 3 is 1.87 bits per heavy atom. The van der Waals surface area contributed by atoms with Crippen LogP contribution in [0.2, 0.25) is 0 Å². The Morgan fingerprint density at radius 1 is 0.365 bits per heavy atom. The van der Waals surface area contributed by atoms with Gasteiger partial charge in [0.2, 0.25) is 0 Å². The van der Waals surface area contributed by atoms with Crippen LogP contribution in [0, 0.1) is 0 Å². The highest BCUT2D eigenvalue weighted by Gasteiger charge is 2.25. The van der Waals surface area contributed by atoms with Crippen LogP contribution in [-0.4, -0.2) is 18.9 Å². The molecule has 0 saturated heterocycles. The summed E-state index contributed by atoms with van der Waals surface area (Å²) in [6, 6.07) is 61.0. The topological polar surface area (TPSA) is 35.1 Å². The predicted molar refractivity (Wildman–Crippen MR) is 217 cm³/mol. The molecule has 0 N–H and O–H groups in total. The molecular formula is C48H28N4. The molecule has 0 aliphatic heterocycles. The molecule has 52 heavy (non-hydrogen) atoms. The van der Waals surface area contributed by atoms with Crippen molar-refractivity contribution in [2.75, 3.05) is 0 Å². The summed E-state index contributed by atoms with van der Waals surface area (Å²) in [5.41, 5.74) is 10.2. The molecule has 0 bridgehead atoms. The first-order chi connectivity index (χ1) is 25.8. The van der Waals surface area contributed by atoms with E-state index in [0.29, 0.717) is 5.82 Å². The molecule has 4 heteroatoms. The molecule has 12 aromatic rings. The molecule has 0 amide bonds. The Morgan fingerprint density at radius 2 is 1.02 bits per heavy atom. The smallest absolute Gasteiger partial charge is 0.162 e. The van der Waals surface area contributed by atoms with Crippen LogP contribution in [-0.2, 0) is 0 Å². The van der Waals surface area contributed by atoms with E-state index in [2.05, 4.69) is 179 Å². The minimum absolute atomic E-state index is 0.705. The number of hydrogen-bond acceptors (Lipinski definition) is 2. The zero-order valence-electron chi connectivity index (χ0n) is 28.0. The van der Waals surface area contributed by atoms with Crippen molar-refractivity contribution in [1.29, 1.82) is 0 Å². The second-order valence-corrected chi connectivity index (χ2v) is 13.8. The normalized spacial score (nSPS) is 12.2. The van der Waals surface area contributed by atoms with Crippen LogP contribution >= 0.6 is 0 Å². The van der Waals surface area contributed by atoms with Crippen molar-refractivity contribution < 1.29 is 0 Å². The number of benzene rings is 8. The van der Waals surface area contributed by atoms with Gasteiger partial charge in [0.15, 0.2) is 5.82 Å². The highest BCUT2D eigenvalue weighted by Crippen LogP contribution is 2.47. The molecular weight excluding hydrogens is 633 g/mol. The Kier molecular flexibility index (Phi) is 5.47. The number of fused-ring (bicyclic) bond motifs is 12. The van der Waals surface area contributed by atoms with Crippen LogP contribution in [0.1, 0.15) is 0 Å². The molecule has 0 radical (unpaired) electrons. The fourth-order valence-corrected chi connectivity index (χ4v) is 8.75. The molecule has 0 saturated carbocycles. The summed E-state index contributed by atoms with van der Waals surface area (Å²) < 4.78 is 4.88. The van der Waals surface area contributed by atoms with Gasteiger partial charge in [-0.15, -0.1) is 0 Å². The molecule has 0 spiro atoms. The molecule has 0 aliphatic carbocycles. The van der Waals surface area contributed by atoms with Gasteiger partial charge >= 0.3 is 0 Å². The Bertz CT molecular complexity index is 3410. The van der Waals surface area contributed by atoms with E-state index < -0.39 is 0 Å². The Balaban J connectivity index is 1.24. The summed E-state index contributed by atoms with van der Waals surface area (Å²) in [4.78, 5) is 10.6. The highest BCUT2D eigenvalue weighted by molar-refractivity contribution is 6.36. The van der Waals surface area contributed by atoms with E-state index in [0.717, 1.165) is 38.9 Å². The molecule has 0 unspecified atom stereocenters. The summed E-state index contributed by atoms with van der Waals surface area (Å²) in [5.74, 6) is 1.58. The molecule has 0 aliphatic rings. The van der Waals surface area contributed by atoms with Crippen LogP contribution < -0.4 is 0 Å². The second kappa shape index (κ2) is 10.3. The molecule has 4 heterocycles. The zero-order chi connectivity index (χ0) is 33.9. The molecule has 0 atom stereocenters. The predicted octanol–water partition coefficient (Wildman–Crippen LogP) is 12.4. The van der Waals surface area contributed by atoms with Crippen LogP contribution in [0.4, 0.5) is 0 Å². The first kappa shape index (κ1) is 27.7. The van der Waals surface area contributed by atoms with Crippen molar-refractivity contribution in [2.24, 2.45) is 0 Å². The fourth-order valence-electron chi connectivity index (χ4n) is 8.75. The van der Waals surface area contributed by atoms with Crippen LogP contribution in [0.3, 0.4) is 0 Å². The first-order valence-electron chi connectivity index (χ1n) is 17.8. The third-order valence-electron chi connectivity index (χ3n) is 11.0. The highest BCUT2D eigenvalue weighted by atomic mass is 15.1. The van der Waals surface area contributed by atoms with E-state index in [1.807, 2.05) is 0 Å². The minimum Gasteiger partial charge on any atom is -0.308 e. The third-order valence-corrected chi connectivity index (χ3v) is 11.0. The lowest BCUT2D eigenvalue weighted by atomic mass is 10.0. The van der Waals surface area contributed by atoms with Crippen molar-refractivity contribution in [1.82, 2.24) is 18.9 Å². The maximum absolute atomic E-state index is 5.48. The van der Waals surface area contributed by atoms with Gasteiger partial charge in [-0.3, -0.25) is 4.57 Å². The van der Waals surface area contributed by atoms with Gasteiger partial charge in [0.05, 0.1) is 33.1 Å². The van der Waals surface area contributed by atoms with Crippen molar-refractivity contribution in [3.05, 3.63) is 170 Å². The number of rotatable bonds is 3. The second-order valence-electron chi connectivity index (χ2n) is 13.8. The van der Waals surface area contributed by atoms with Gasteiger partial charge in [-0.1, -0.05) is 121 Å². The first-order valence-corrected chi connectivity index (χ1v) is 17.8.